The number of nitro groups is 1. The number of benzene rings is 1. The third kappa shape index (κ3) is 3.93. The maximum absolute atomic E-state index is 13.3. The molecule has 10 heteroatoms. The van der Waals surface area contributed by atoms with E-state index in [0.717, 1.165) is 31.7 Å². The minimum Gasteiger partial charge on any atom is -0.340 e. The Bertz CT molecular complexity index is 991. The van der Waals surface area contributed by atoms with Gasteiger partial charge in [0.25, 0.3) is 5.69 Å². The molecular weight excluding hydrogens is 384 g/mol. The SMILES string of the molecule is Cc1nc(C2(NS(=O)(=O)c3cc([N+](=O)[O-])cc(C)c3C)CCCCCC2)no1. The first-order valence-electron chi connectivity index (χ1n) is 9.25. The molecule has 1 aromatic heterocycles. The van der Waals surface area contributed by atoms with E-state index in [2.05, 4.69) is 14.9 Å². The monoisotopic (exact) mass is 408 g/mol. The number of nitrogens with zero attached hydrogens (tertiary/aromatic N) is 3. The molecule has 1 fully saturated rings. The van der Waals surface area contributed by atoms with E-state index in [9.17, 15) is 18.5 Å². The summed E-state index contributed by atoms with van der Waals surface area (Å²) in [5, 5.41) is 15.2. The number of non-ortho nitro benzene ring substituents is 1. The number of hydrogen-bond acceptors (Lipinski definition) is 7. The van der Waals surface area contributed by atoms with E-state index < -0.39 is 20.5 Å². The van der Waals surface area contributed by atoms with Crippen molar-refractivity contribution in [1.82, 2.24) is 14.9 Å². The van der Waals surface area contributed by atoms with Crippen molar-refractivity contribution in [1.29, 1.82) is 0 Å². The molecule has 152 valence electrons. The number of nitro benzene ring substituents is 1. The normalized spacial score (nSPS) is 17.2. The fourth-order valence-electron chi connectivity index (χ4n) is 3.70. The summed E-state index contributed by atoms with van der Waals surface area (Å²) in [5.41, 5.74) is -0.224. The molecule has 0 amide bonds. The first kappa shape index (κ1) is 20.4. The lowest BCUT2D eigenvalue weighted by Gasteiger charge is -2.30. The Kier molecular flexibility index (Phi) is 5.53. The predicted molar refractivity (Wildman–Crippen MR) is 101 cm³/mol. The topological polar surface area (TPSA) is 128 Å². The van der Waals surface area contributed by atoms with Crippen molar-refractivity contribution in [2.24, 2.45) is 0 Å². The molecular formula is C18H24N4O5S. The number of aromatic nitrogens is 2. The van der Waals surface area contributed by atoms with Gasteiger partial charge < -0.3 is 4.52 Å². The molecule has 9 nitrogen and oxygen atoms in total. The summed E-state index contributed by atoms with van der Waals surface area (Å²) in [7, 11) is -4.06. The van der Waals surface area contributed by atoms with Crippen LogP contribution >= 0.6 is 0 Å². The summed E-state index contributed by atoms with van der Waals surface area (Å²) in [6.45, 7) is 4.96. The molecule has 0 atom stereocenters. The van der Waals surface area contributed by atoms with Crippen molar-refractivity contribution in [3.63, 3.8) is 0 Å². The zero-order chi connectivity index (χ0) is 20.5. The van der Waals surface area contributed by atoms with Crippen LogP contribution in [0.2, 0.25) is 0 Å². The summed E-state index contributed by atoms with van der Waals surface area (Å²) >= 11 is 0. The van der Waals surface area contributed by atoms with E-state index in [1.165, 1.54) is 6.07 Å². The predicted octanol–water partition coefficient (Wildman–Crippen LogP) is 3.43. The fourth-order valence-corrected chi connectivity index (χ4v) is 5.46. The maximum atomic E-state index is 13.3. The Morgan fingerprint density at radius 2 is 1.79 bits per heavy atom. The Morgan fingerprint density at radius 3 is 2.32 bits per heavy atom. The van der Waals surface area contributed by atoms with Gasteiger partial charge in [0.05, 0.1) is 15.4 Å². The van der Waals surface area contributed by atoms with Gasteiger partial charge in [-0.25, -0.2) is 8.42 Å². The van der Waals surface area contributed by atoms with Crippen LogP contribution in [0.25, 0.3) is 0 Å². The molecule has 2 aromatic rings. The molecule has 0 bridgehead atoms. The summed E-state index contributed by atoms with van der Waals surface area (Å²) in [6, 6.07) is 2.48. The van der Waals surface area contributed by atoms with Gasteiger partial charge in [-0.2, -0.15) is 9.71 Å². The second-order valence-electron chi connectivity index (χ2n) is 7.38. The van der Waals surface area contributed by atoms with E-state index >= 15 is 0 Å². The van der Waals surface area contributed by atoms with Crippen molar-refractivity contribution in [2.45, 2.75) is 69.7 Å². The fraction of sp³-hybridized carbons (Fsp3) is 0.556. The van der Waals surface area contributed by atoms with Crippen molar-refractivity contribution >= 4 is 15.7 Å². The van der Waals surface area contributed by atoms with Crippen LogP contribution in [0.3, 0.4) is 0 Å². The second kappa shape index (κ2) is 7.59. The summed E-state index contributed by atoms with van der Waals surface area (Å²) < 4.78 is 34.6. The molecule has 3 rings (SSSR count). The molecule has 1 aliphatic rings. The average Bonchev–Trinajstić information content (AvgIpc) is 2.93. The number of rotatable bonds is 5. The van der Waals surface area contributed by atoms with Gasteiger partial charge in [0.2, 0.25) is 15.9 Å². The van der Waals surface area contributed by atoms with E-state index in [-0.39, 0.29) is 10.6 Å². The van der Waals surface area contributed by atoms with Crippen LogP contribution in [-0.4, -0.2) is 23.5 Å². The lowest BCUT2D eigenvalue weighted by molar-refractivity contribution is -0.385. The van der Waals surface area contributed by atoms with Crippen molar-refractivity contribution in [3.05, 3.63) is 45.1 Å². The molecule has 0 radical (unpaired) electrons. The van der Waals surface area contributed by atoms with Crippen LogP contribution in [-0.2, 0) is 15.6 Å². The smallest absolute Gasteiger partial charge is 0.271 e. The molecule has 0 unspecified atom stereocenters. The minimum atomic E-state index is -4.06. The third-order valence-electron chi connectivity index (χ3n) is 5.35. The Labute approximate surface area is 163 Å². The number of nitrogens with one attached hydrogen (secondary N) is 1. The summed E-state index contributed by atoms with van der Waals surface area (Å²) in [6.07, 6.45) is 4.72. The molecule has 1 N–H and O–H groups in total. The molecule has 0 saturated heterocycles. The third-order valence-corrected chi connectivity index (χ3v) is 7.01. The first-order valence-corrected chi connectivity index (χ1v) is 10.7. The van der Waals surface area contributed by atoms with Crippen LogP contribution in [0.15, 0.2) is 21.6 Å². The lowest BCUT2D eigenvalue weighted by Crippen LogP contribution is -2.46. The molecule has 1 heterocycles. The Morgan fingerprint density at radius 1 is 1.14 bits per heavy atom. The average molecular weight is 408 g/mol. The lowest BCUT2D eigenvalue weighted by atomic mass is 9.91. The van der Waals surface area contributed by atoms with E-state index in [1.54, 1.807) is 20.8 Å². The second-order valence-corrected chi connectivity index (χ2v) is 9.03. The van der Waals surface area contributed by atoms with Crippen LogP contribution in [0.5, 0.6) is 0 Å². The zero-order valence-corrected chi connectivity index (χ0v) is 17.0. The highest BCUT2D eigenvalue weighted by Crippen LogP contribution is 2.37. The van der Waals surface area contributed by atoms with E-state index in [0.29, 0.717) is 35.7 Å². The highest BCUT2D eigenvalue weighted by Gasteiger charge is 2.41. The van der Waals surface area contributed by atoms with Gasteiger partial charge in [-0.3, -0.25) is 10.1 Å². The van der Waals surface area contributed by atoms with Crippen molar-refractivity contribution in [3.8, 4) is 0 Å². The standard InChI is InChI=1S/C18H24N4O5S/c1-12-10-15(22(23)24)11-16(13(12)2)28(25,26)21-18(8-6-4-5-7-9-18)17-19-14(3)27-20-17/h10-11,21H,4-9H2,1-3H3. The summed E-state index contributed by atoms with van der Waals surface area (Å²) in [4.78, 5) is 14.8. The molecule has 0 aliphatic heterocycles. The highest BCUT2D eigenvalue weighted by atomic mass is 32.2. The molecule has 0 spiro atoms. The van der Waals surface area contributed by atoms with E-state index in [1.807, 2.05) is 0 Å². The van der Waals surface area contributed by atoms with E-state index in [4.69, 9.17) is 4.52 Å². The maximum Gasteiger partial charge on any atom is 0.271 e. The van der Waals surface area contributed by atoms with Crippen molar-refractivity contribution < 1.29 is 17.9 Å². The van der Waals surface area contributed by atoms with Gasteiger partial charge in [0.1, 0.15) is 0 Å². The van der Waals surface area contributed by atoms with Gasteiger partial charge >= 0.3 is 0 Å². The minimum absolute atomic E-state index is 0.0944. The number of hydrogen-bond donors (Lipinski definition) is 1. The number of aryl methyl sites for hydroxylation is 2. The Balaban J connectivity index is 2.09. The van der Waals surface area contributed by atoms with Gasteiger partial charge in [0, 0.05) is 19.1 Å². The first-order chi connectivity index (χ1) is 13.1. The summed E-state index contributed by atoms with van der Waals surface area (Å²) in [5.74, 6) is 0.676. The van der Waals surface area contributed by atoms with Crippen LogP contribution in [0.1, 0.15) is 61.4 Å². The Hall–Kier alpha value is -2.33. The van der Waals surface area contributed by atoms with Crippen LogP contribution in [0, 0.1) is 30.9 Å². The molecule has 28 heavy (non-hydrogen) atoms. The van der Waals surface area contributed by atoms with Gasteiger partial charge in [0.15, 0.2) is 5.82 Å². The van der Waals surface area contributed by atoms with Crippen LogP contribution < -0.4 is 4.72 Å². The van der Waals surface area contributed by atoms with Gasteiger partial charge in [-0.1, -0.05) is 30.8 Å². The molecule has 1 aromatic carbocycles. The molecule has 1 aliphatic carbocycles. The highest BCUT2D eigenvalue weighted by molar-refractivity contribution is 7.89. The van der Waals surface area contributed by atoms with Crippen molar-refractivity contribution in [2.75, 3.05) is 0 Å². The van der Waals surface area contributed by atoms with Gasteiger partial charge in [-0.05, 0) is 37.8 Å². The quantitative estimate of drug-likeness (QED) is 0.456. The zero-order valence-electron chi connectivity index (χ0n) is 16.2. The van der Waals surface area contributed by atoms with Crippen LogP contribution in [0.4, 0.5) is 5.69 Å². The van der Waals surface area contributed by atoms with Gasteiger partial charge in [-0.15, -0.1) is 0 Å². The molecule has 1 saturated carbocycles. The largest absolute Gasteiger partial charge is 0.340 e. The number of sulfonamides is 1.